The van der Waals surface area contributed by atoms with Crippen LogP contribution in [0.5, 0.6) is 0 Å². The molecule has 0 bridgehead atoms. The van der Waals surface area contributed by atoms with E-state index >= 15 is 0 Å². The summed E-state index contributed by atoms with van der Waals surface area (Å²) in [6, 6.07) is 13.6. The molecule has 31 heavy (non-hydrogen) atoms. The molecule has 0 aliphatic carbocycles. The van der Waals surface area contributed by atoms with Crippen molar-refractivity contribution in [2.24, 2.45) is 0 Å². The van der Waals surface area contributed by atoms with Gasteiger partial charge in [-0.1, -0.05) is 18.2 Å². The van der Waals surface area contributed by atoms with Crippen molar-refractivity contribution in [3.63, 3.8) is 0 Å². The van der Waals surface area contributed by atoms with E-state index in [9.17, 15) is 13.2 Å². The van der Waals surface area contributed by atoms with Crippen LogP contribution in [0.4, 0.5) is 11.4 Å². The smallest absolute Gasteiger partial charge is 0.275 e. The Morgan fingerprint density at radius 2 is 1.68 bits per heavy atom. The van der Waals surface area contributed by atoms with Gasteiger partial charge in [0.2, 0.25) is 0 Å². The summed E-state index contributed by atoms with van der Waals surface area (Å²) in [5.41, 5.74) is 4.06. The number of para-hydroxylation sites is 1. The van der Waals surface area contributed by atoms with E-state index in [4.69, 9.17) is 0 Å². The number of hydrogen-bond acceptors (Lipinski definition) is 6. The predicted octanol–water partition coefficient (Wildman–Crippen LogP) is 5.54. The third-order valence-electron chi connectivity index (χ3n) is 4.64. The van der Waals surface area contributed by atoms with Crippen molar-refractivity contribution in [3.8, 4) is 10.6 Å². The molecule has 0 aliphatic rings. The Kier molecular flexibility index (Phi) is 5.90. The zero-order chi connectivity index (χ0) is 22.0. The first-order chi connectivity index (χ1) is 14.8. The Hall–Kier alpha value is -3.01. The first-order valence-corrected chi connectivity index (χ1v) is 12.6. The van der Waals surface area contributed by atoms with E-state index in [2.05, 4.69) is 15.0 Å². The van der Waals surface area contributed by atoms with Crippen molar-refractivity contribution < 1.29 is 13.2 Å². The molecule has 0 atom stereocenters. The van der Waals surface area contributed by atoms with Crippen LogP contribution in [0.25, 0.3) is 10.6 Å². The maximum absolute atomic E-state index is 12.8. The lowest BCUT2D eigenvalue weighted by atomic mass is 10.1. The van der Waals surface area contributed by atoms with Gasteiger partial charge in [-0.3, -0.25) is 9.52 Å². The molecule has 1 amide bonds. The second kappa shape index (κ2) is 8.62. The second-order valence-electron chi connectivity index (χ2n) is 6.90. The predicted molar refractivity (Wildman–Crippen MR) is 127 cm³/mol. The number of benzene rings is 2. The molecule has 9 heteroatoms. The highest BCUT2D eigenvalue weighted by atomic mass is 32.2. The largest absolute Gasteiger partial charge is 0.321 e. The zero-order valence-electron chi connectivity index (χ0n) is 16.7. The summed E-state index contributed by atoms with van der Waals surface area (Å²) in [5, 5.41) is 9.18. The van der Waals surface area contributed by atoms with E-state index in [1.807, 2.05) is 48.9 Å². The number of nitrogens with one attached hydrogen (secondary N) is 2. The van der Waals surface area contributed by atoms with Gasteiger partial charge in [0.1, 0.15) is 10.7 Å². The Morgan fingerprint density at radius 3 is 2.32 bits per heavy atom. The Bertz CT molecular complexity index is 1310. The van der Waals surface area contributed by atoms with Crippen molar-refractivity contribution in [2.45, 2.75) is 18.7 Å². The SMILES string of the molecule is Cc1cccc(C)c1NS(=O)(=O)c1ccc(NC(=O)c2csc(-c3ccsc3)n2)cc1. The molecule has 2 N–H and O–H groups in total. The number of carbonyl (C=O) groups excluding carboxylic acids is 1. The molecule has 158 valence electrons. The van der Waals surface area contributed by atoms with Crippen molar-refractivity contribution in [3.05, 3.63) is 81.5 Å². The van der Waals surface area contributed by atoms with Crippen LogP contribution in [0.15, 0.2) is 69.6 Å². The number of anilines is 2. The fourth-order valence-corrected chi connectivity index (χ4v) is 5.69. The molecule has 0 aliphatic heterocycles. The minimum absolute atomic E-state index is 0.113. The molecule has 0 saturated heterocycles. The molecule has 4 rings (SSSR count). The highest BCUT2D eigenvalue weighted by molar-refractivity contribution is 7.92. The van der Waals surface area contributed by atoms with Crippen molar-refractivity contribution >= 4 is 50.0 Å². The van der Waals surface area contributed by atoms with E-state index in [0.29, 0.717) is 17.1 Å². The molecule has 4 aromatic rings. The molecule has 0 radical (unpaired) electrons. The Balaban J connectivity index is 1.47. The van der Waals surface area contributed by atoms with Gasteiger partial charge in [0.15, 0.2) is 0 Å². The fraction of sp³-hybridized carbons (Fsp3) is 0.0909. The van der Waals surface area contributed by atoms with E-state index in [1.165, 1.54) is 23.5 Å². The normalized spacial score (nSPS) is 11.3. The molecule has 0 spiro atoms. The average molecular weight is 470 g/mol. The number of amides is 1. The molecule has 6 nitrogen and oxygen atoms in total. The number of hydrogen-bond donors (Lipinski definition) is 2. The van der Waals surface area contributed by atoms with Crippen molar-refractivity contribution in [1.82, 2.24) is 4.98 Å². The van der Waals surface area contributed by atoms with Gasteiger partial charge < -0.3 is 5.32 Å². The van der Waals surface area contributed by atoms with Crippen molar-refractivity contribution in [1.29, 1.82) is 0 Å². The molecule has 2 aromatic carbocycles. The van der Waals surface area contributed by atoms with Gasteiger partial charge in [-0.2, -0.15) is 11.3 Å². The average Bonchev–Trinajstić information content (AvgIpc) is 3.43. The molecular weight excluding hydrogens is 450 g/mol. The minimum atomic E-state index is -3.75. The van der Waals surface area contributed by atoms with Crippen LogP contribution in [-0.2, 0) is 10.0 Å². The highest BCUT2D eigenvalue weighted by Crippen LogP contribution is 2.27. The summed E-state index contributed by atoms with van der Waals surface area (Å²) in [7, 11) is -3.75. The van der Waals surface area contributed by atoms with Crippen LogP contribution in [0.2, 0.25) is 0 Å². The summed E-state index contributed by atoms with van der Waals surface area (Å²) >= 11 is 2.97. The van der Waals surface area contributed by atoms with Crippen LogP contribution in [0, 0.1) is 13.8 Å². The summed E-state index contributed by atoms with van der Waals surface area (Å²) < 4.78 is 28.2. The Morgan fingerprint density at radius 1 is 0.968 bits per heavy atom. The van der Waals surface area contributed by atoms with Gasteiger partial charge in [0, 0.05) is 22.0 Å². The fourth-order valence-electron chi connectivity index (χ4n) is 2.98. The maximum Gasteiger partial charge on any atom is 0.275 e. The minimum Gasteiger partial charge on any atom is -0.321 e. The maximum atomic E-state index is 12.8. The van der Waals surface area contributed by atoms with Crippen LogP contribution >= 0.6 is 22.7 Å². The number of aryl methyl sites for hydroxylation is 2. The lowest BCUT2D eigenvalue weighted by Crippen LogP contribution is -2.15. The number of sulfonamides is 1. The molecular formula is C22H19N3O3S3. The van der Waals surface area contributed by atoms with Crippen LogP contribution < -0.4 is 10.0 Å². The number of carbonyl (C=O) groups is 1. The van der Waals surface area contributed by atoms with Gasteiger partial charge in [-0.25, -0.2) is 13.4 Å². The summed E-state index contributed by atoms with van der Waals surface area (Å²) in [4.78, 5) is 17.0. The van der Waals surface area contributed by atoms with Gasteiger partial charge in [0.25, 0.3) is 15.9 Å². The van der Waals surface area contributed by atoms with E-state index in [1.54, 1.807) is 28.8 Å². The van der Waals surface area contributed by atoms with Gasteiger partial charge in [0.05, 0.1) is 10.6 Å². The zero-order valence-corrected chi connectivity index (χ0v) is 19.2. The first kappa shape index (κ1) is 21.2. The van der Waals surface area contributed by atoms with Crippen LogP contribution in [0.3, 0.4) is 0 Å². The molecule has 2 aromatic heterocycles. The number of thiazole rings is 1. The van der Waals surface area contributed by atoms with Gasteiger partial charge in [-0.05, 0) is 60.7 Å². The van der Waals surface area contributed by atoms with E-state index in [-0.39, 0.29) is 10.8 Å². The monoisotopic (exact) mass is 469 g/mol. The molecule has 0 fully saturated rings. The van der Waals surface area contributed by atoms with Gasteiger partial charge >= 0.3 is 0 Å². The quantitative estimate of drug-likeness (QED) is 0.388. The molecule has 0 saturated carbocycles. The van der Waals surface area contributed by atoms with Crippen LogP contribution in [0.1, 0.15) is 21.6 Å². The third-order valence-corrected chi connectivity index (χ3v) is 7.59. The third kappa shape index (κ3) is 4.68. The second-order valence-corrected chi connectivity index (χ2v) is 10.2. The van der Waals surface area contributed by atoms with Crippen LogP contribution in [-0.4, -0.2) is 19.3 Å². The highest BCUT2D eigenvalue weighted by Gasteiger charge is 2.17. The first-order valence-electron chi connectivity index (χ1n) is 9.32. The summed E-state index contributed by atoms with van der Waals surface area (Å²) in [5.74, 6) is -0.345. The van der Waals surface area contributed by atoms with Gasteiger partial charge in [-0.15, -0.1) is 11.3 Å². The molecule has 0 unspecified atom stereocenters. The van der Waals surface area contributed by atoms with E-state index < -0.39 is 10.0 Å². The van der Waals surface area contributed by atoms with E-state index in [0.717, 1.165) is 21.7 Å². The lowest BCUT2D eigenvalue weighted by Gasteiger charge is -2.13. The number of nitrogens with zero attached hydrogens (tertiary/aromatic N) is 1. The number of rotatable bonds is 6. The standard InChI is InChI=1S/C22H19N3O3S3/c1-14-4-3-5-15(2)20(14)25-31(27,28)18-8-6-17(7-9-18)23-21(26)19-13-30-22(24-19)16-10-11-29-12-16/h3-13,25H,1-2H3,(H,23,26). The summed E-state index contributed by atoms with van der Waals surface area (Å²) in [6.07, 6.45) is 0. The van der Waals surface area contributed by atoms with Crippen molar-refractivity contribution in [2.75, 3.05) is 10.0 Å². The Labute approximate surface area is 188 Å². The number of aromatic nitrogens is 1. The lowest BCUT2D eigenvalue weighted by molar-refractivity contribution is 0.102. The summed E-state index contributed by atoms with van der Waals surface area (Å²) in [6.45, 7) is 3.71. The number of thiophene rings is 1. The topological polar surface area (TPSA) is 88.2 Å². The molecule has 2 heterocycles.